The molecule has 0 bridgehead atoms. The highest BCUT2D eigenvalue weighted by molar-refractivity contribution is 6.20. The van der Waals surface area contributed by atoms with Crippen LogP contribution in [0.4, 0.5) is 34.1 Å². The lowest BCUT2D eigenvalue weighted by Gasteiger charge is -2.27. The van der Waals surface area contributed by atoms with E-state index in [0.717, 1.165) is 67.6 Å². The van der Waals surface area contributed by atoms with E-state index in [1.807, 2.05) is 0 Å². The quantitative estimate of drug-likeness (QED) is 0.136. The first-order chi connectivity index (χ1) is 50.1. The summed E-state index contributed by atoms with van der Waals surface area (Å²) in [6.45, 7) is 27.9. The Morgan fingerprint density at radius 3 is 0.808 bits per heavy atom. The topological polar surface area (TPSA) is 26.2 Å². The minimum absolute atomic E-state index is 0.0279. The van der Waals surface area contributed by atoms with Crippen LogP contribution in [-0.4, -0.2) is 18.3 Å². The molecule has 0 aliphatic heterocycles. The molecule has 4 heterocycles. The maximum absolute atomic E-state index is 2.49. The molecular formula is C98H86N6. The van der Waals surface area contributed by atoms with Gasteiger partial charge in [0, 0.05) is 100.0 Å². The number of hydrogen-bond acceptors (Lipinski definition) is 2. The van der Waals surface area contributed by atoms with E-state index in [9.17, 15) is 0 Å². The van der Waals surface area contributed by atoms with Crippen LogP contribution in [-0.2, 0) is 21.7 Å². The number of fused-ring (bicyclic) bond motifs is 13. The normalized spacial score (nSPS) is 12.6. The van der Waals surface area contributed by atoms with Crippen LogP contribution in [0, 0.1) is 0 Å². The molecule has 0 aliphatic rings. The number of para-hydroxylation sites is 6. The van der Waals surface area contributed by atoms with Crippen molar-refractivity contribution in [2.75, 3.05) is 9.80 Å². The monoisotopic (exact) mass is 1350 g/mol. The maximum Gasteiger partial charge on any atom is 0.0561 e. The molecule has 0 saturated carbocycles. The van der Waals surface area contributed by atoms with E-state index in [1.54, 1.807) is 0 Å². The van der Waals surface area contributed by atoms with Gasteiger partial charge in [-0.05, 0) is 225 Å². The Bertz CT molecular complexity index is 5970. The summed E-state index contributed by atoms with van der Waals surface area (Å²) in [4.78, 5) is 4.87. The second kappa shape index (κ2) is 23.9. The average Bonchev–Trinajstić information content (AvgIpc) is 1.59. The molecule has 0 radical (unpaired) electrons. The number of anilines is 6. The van der Waals surface area contributed by atoms with Crippen molar-refractivity contribution in [1.29, 1.82) is 0 Å². The van der Waals surface area contributed by atoms with Crippen molar-refractivity contribution in [3.63, 3.8) is 0 Å². The van der Waals surface area contributed by atoms with Gasteiger partial charge in [0.1, 0.15) is 0 Å². The summed E-state index contributed by atoms with van der Waals surface area (Å²) in [6.07, 6.45) is 0. The van der Waals surface area contributed by atoms with Gasteiger partial charge in [-0.2, -0.15) is 0 Å². The molecule has 104 heavy (non-hydrogen) atoms. The molecule has 6 heteroatoms. The first-order valence-corrected chi connectivity index (χ1v) is 36.8. The van der Waals surface area contributed by atoms with E-state index in [2.05, 4.69) is 414 Å². The highest BCUT2D eigenvalue weighted by Crippen LogP contribution is 2.48. The van der Waals surface area contributed by atoms with Gasteiger partial charge in [-0.25, -0.2) is 0 Å². The molecule has 4 aromatic heterocycles. The van der Waals surface area contributed by atoms with Gasteiger partial charge in [-0.15, -0.1) is 0 Å². The lowest BCUT2D eigenvalue weighted by atomic mass is 9.80. The fraction of sp³-hybridized carbons (Fsp3) is 0.163. The van der Waals surface area contributed by atoms with E-state index in [0.29, 0.717) is 0 Å². The number of benzene rings is 14. The molecule has 14 aromatic carbocycles. The predicted octanol–water partition coefficient (Wildman–Crippen LogP) is 27.4. The largest absolute Gasteiger partial charge is 0.310 e. The lowest BCUT2D eigenvalue weighted by molar-refractivity contribution is 0.567. The highest BCUT2D eigenvalue weighted by atomic mass is 15.2. The average molecular weight is 1350 g/mol. The Morgan fingerprint density at radius 2 is 0.452 bits per heavy atom. The Hall–Kier alpha value is -11.9. The third-order valence-electron chi connectivity index (χ3n) is 21.8. The lowest BCUT2D eigenvalue weighted by Crippen LogP contribution is -2.17. The summed E-state index contributed by atoms with van der Waals surface area (Å²) < 4.78 is 9.94. The van der Waals surface area contributed by atoms with Crippen LogP contribution >= 0.6 is 0 Å². The molecule has 18 rings (SSSR count). The fourth-order valence-corrected chi connectivity index (χ4v) is 16.3. The standard InChI is InChI=1S/C98H86N6/c1-95(2,3)65-53-66(96(4,5)6)56-77(55-65)103-87-39-27-25-37-79(87)85-59-73(43-47-89(85)103)99(69-29-17-13-18-30-69)75-41-45-81-83-49-63-52-92-84(50-64(63)51-91(83)101(93(81)61-75)71-33-21-15-22-34-71)82-46-42-76(62-94(82)102(92)72-35-23-16-24-36-72)100(70-31-19-14-20-32-70)74-44-48-90-86(60-74)80-38-26-28-40-88(80)104(90)78-57-67(97(7,8)9)54-68(58-78)98(10,11)12/h13-62H,1-12H3. The summed E-state index contributed by atoms with van der Waals surface area (Å²) in [7, 11) is 0. The smallest absolute Gasteiger partial charge is 0.0561 e. The summed E-state index contributed by atoms with van der Waals surface area (Å²) >= 11 is 0. The Labute approximate surface area is 609 Å². The van der Waals surface area contributed by atoms with Crippen molar-refractivity contribution in [1.82, 2.24) is 18.3 Å². The zero-order valence-electron chi connectivity index (χ0n) is 61.6. The second-order valence-corrected chi connectivity index (χ2v) is 32.8. The van der Waals surface area contributed by atoms with E-state index in [4.69, 9.17) is 0 Å². The predicted molar refractivity (Wildman–Crippen MR) is 445 cm³/mol. The Morgan fingerprint density at radius 1 is 0.183 bits per heavy atom. The molecule has 0 N–H and O–H groups in total. The van der Waals surface area contributed by atoms with Crippen molar-refractivity contribution >= 4 is 132 Å². The summed E-state index contributed by atoms with van der Waals surface area (Å²) in [6, 6.07) is 114. The van der Waals surface area contributed by atoms with E-state index < -0.39 is 0 Å². The maximum atomic E-state index is 2.49. The number of rotatable bonds is 10. The molecule has 0 aliphatic carbocycles. The molecule has 18 aromatic rings. The van der Waals surface area contributed by atoms with Crippen molar-refractivity contribution in [3.05, 3.63) is 326 Å². The molecule has 0 atom stereocenters. The summed E-state index contributed by atoms with van der Waals surface area (Å²) in [5.74, 6) is 0. The molecular weight excluding hydrogens is 1260 g/mol. The number of hydrogen-bond donors (Lipinski definition) is 0. The SMILES string of the molecule is CC(C)(C)c1cc(-n2c3ccccc3c3cc(N(c4ccccc4)c4ccc5c6cc7cc8c(cc7cc6n(-c6ccccc6)c5c4)c4ccc(N(c5ccccc5)c5ccc6c(c5)c5ccccc5n6-c5cc(C(C)(C)C)cc(C(C)(C)C)c5)cc4n8-c4ccccc4)ccc32)cc(C(C)(C)C)c1. The third kappa shape index (κ3) is 10.7. The zero-order valence-corrected chi connectivity index (χ0v) is 61.6. The highest BCUT2D eigenvalue weighted by Gasteiger charge is 2.28. The third-order valence-corrected chi connectivity index (χ3v) is 21.8. The van der Waals surface area contributed by atoms with Crippen LogP contribution in [0.3, 0.4) is 0 Å². The van der Waals surface area contributed by atoms with Crippen LogP contribution < -0.4 is 9.80 Å². The minimum atomic E-state index is -0.0279. The van der Waals surface area contributed by atoms with Crippen molar-refractivity contribution in [3.8, 4) is 22.7 Å². The number of aromatic nitrogens is 4. The molecule has 0 amide bonds. The van der Waals surface area contributed by atoms with Crippen LogP contribution in [0.2, 0.25) is 0 Å². The molecule has 508 valence electrons. The van der Waals surface area contributed by atoms with Gasteiger partial charge in [-0.3, -0.25) is 0 Å². The van der Waals surface area contributed by atoms with Crippen LogP contribution in [0.5, 0.6) is 0 Å². The van der Waals surface area contributed by atoms with Gasteiger partial charge < -0.3 is 28.1 Å². The molecule has 0 spiro atoms. The summed E-state index contributed by atoms with van der Waals surface area (Å²) in [5, 5.41) is 12.0. The van der Waals surface area contributed by atoms with Crippen LogP contribution in [0.1, 0.15) is 105 Å². The van der Waals surface area contributed by atoms with Crippen molar-refractivity contribution < 1.29 is 0 Å². The first kappa shape index (κ1) is 64.3. The van der Waals surface area contributed by atoms with Crippen molar-refractivity contribution in [2.24, 2.45) is 0 Å². The Balaban J connectivity index is 0.796. The molecule has 0 fully saturated rings. The molecule has 6 nitrogen and oxygen atoms in total. The van der Waals surface area contributed by atoms with Gasteiger partial charge in [0.25, 0.3) is 0 Å². The van der Waals surface area contributed by atoms with Gasteiger partial charge in [0.15, 0.2) is 0 Å². The minimum Gasteiger partial charge on any atom is -0.310 e. The summed E-state index contributed by atoms with van der Waals surface area (Å²) in [5.41, 5.74) is 25.6. The molecule has 0 unspecified atom stereocenters. The van der Waals surface area contributed by atoms with Crippen molar-refractivity contribution in [2.45, 2.75) is 105 Å². The second-order valence-electron chi connectivity index (χ2n) is 32.8. The van der Waals surface area contributed by atoms with Gasteiger partial charge in [0.05, 0.1) is 44.1 Å². The van der Waals surface area contributed by atoms with E-state index in [1.165, 1.54) is 110 Å². The first-order valence-electron chi connectivity index (χ1n) is 36.8. The Kier molecular flexibility index (Phi) is 14.7. The van der Waals surface area contributed by atoms with Crippen LogP contribution in [0.25, 0.3) is 121 Å². The van der Waals surface area contributed by atoms with Gasteiger partial charge >= 0.3 is 0 Å². The zero-order chi connectivity index (χ0) is 71.3. The van der Waals surface area contributed by atoms with Crippen LogP contribution in [0.15, 0.2) is 303 Å². The van der Waals surface area contributed by atoms with Gasteiger partial charge in [-0.1, -0.05) is 217 Å². The van der Waals surface area contributed by atoms with E-state index >= 15 is 0 Å². The fourth-order valence-electron chi connectivity index (χ4n) is 16.3. The number of nitrogens with zero attached hydrogens (tertiary/aromatic N) is 6. The van der Waals surface area contributed by atoms with E-state index in [-0.39, 0.29) is 21.7 Å². The molecule has 0 saturated heterocycles. The van der Waals surface area contributed by atoms with Gasteiger partial charge in [0.2, 0.25) is 0 Å².